The fourth-order valence-corrected chi connectivity index (χ4v) is 4.92. The number of hydrogen-bond donors (Lipinski definition) is 0. The van der Waals surface area contributed by atoms with Gasteiger partial charge in [0.25, 0.3) is 5.91 Å². The molecule has 1 amide bonds. The Morgan fingerprint density at radius 1 is 1.06 bits per heavy atom. The number of fused-ring (bicyclic) bond motifs is 1. The van der Waals surface area contributed by atoms with Crippen molar-refractivity contribution >= 4 is 17.4 Å². The topological polar surface area (TPSA) is 66.5 Å². The molecule has 168 valence electrons. The number of aromatic nitrogens is 2. The molecule has 6 rings (SSSR count). The molecule has 8 nitrogen and oxygen atoms in total. The van der Waals surface area contributed by atoms with Gasteiger partial charge in [0.1, 0.15) is 11.5 Å². The Morgan fingerprint density at radius 3 is 2.72 bits per heavy atom. The van der Waals surface area contributed by atoms with Crippen molar-refractivity contribution in [2.45, 2.75) is 18.9 Å². The molecule has 5 heterocycles. The molecule has 0 bridgehead atoms. The van der Waals surface area contributed by atoms with E-state index in [0.29, 0.717) is 12.3 Å². The minimum Gasteiger partial charge on any atom is -0.459 e. The van der Waals surface area contributed by atoms with Gasteiger partial charge in [0.2, 0.25) is 0 Å². The molecule has 1 aliphatic carbocycles. The second-order valence-corrected chi connectivity index (χ2v) is 9.06. The molecule has 3 aromatic heterocycles. The van der Waals surface area contributed by atoms with Crippen molar-refractivity contribution in [3.63, 3.8) is 0 Å². The summed E-state index contributed by atoms with van der Waals surface area (Å²) in [5, 5.41) is 0. The number of rotatable bonds is 5. The highest BCUT2D eigenvalue weighted by Gasteiger charge is 2.36. The number of ether oxygens (including phenoxy) is 1. The van der Waals surface area contributed by atoms with E-state index in [-0.39, 0.29) is 11.9 Å². The Balaban J connectivity index is 1.32. The standard InChI is InChI=1S/C24H29N5O3/c30-24(21-3-2-12-32-21)28-9-8-27(15-18-6-7-18)20(17-28)19-16-29-22(25-19)4-1-5-23(29)26-10-13-31-14-11-26/h1-5,12,16,18,20H,6-11,13-15,17H2/t20-/m0/s1. The van der Waals surface area contributed by atoms with Crippen molar-refractivity contribution in [3.8, 4) is 0 Å². The number of imidazole rings is 1. The fourth-order valence-electron chi connectivity index (χ4n) is 4.92. The highest BCUT2D eigenvalue weighted by molar-refractivity contribution is 5.91. The van der Waals surface area contributed by atoms with Crippen LogP contribution in [-0.2, 0) is 4.74 Å². The molecule has 0 aromatic carbocycles. The lowest BCUT2D eigenvalue weighted by molar-refractivity contribution is 0.0433. The van der Waals surface area contributed by atoms with Gasteiger partial charge in [-0.3, -0.25) is 14.1 Å². The van der Waals surface area contributed by atoms with Crippen LogP contribution in [0.1, 0.15) is 35.1 Å². The molecule has 0 N–H and O–H groups in total. The first-order chi connectivity index (χ1) is 15.8. The molecular formula is C24H29N5O3. The molecule has 1 saturated carbocycles. The molecular weight excluding hydrogens is 406 g/mol. The predicted molar refractivity (Wildman–Crippen MR) is 120 cm³/mol. The van der Waals surface area contributed by atoms with E-state index in [1.165, 1.54) is 12.8 Å². The maximum Gasteiger partial charge on any atom is 0.289 e. The SMILES string of the molecule is O=C(c1ccco1)N1CCN(CC2CC2)[C@H](c2cn3c(N4CCOCC4)cccc3n2)C1. The Bertz CT molecular complexity index is 1080. The van der Waals surface area contributed by atoms with Crippen LogP contribution in [0.3, 0.4) is 0 Å². The average Bonchev–Trinajstić information content (AvgIpc) is 3.30. The number of piperazine rings is 1. The minimum atomic E-state index is -0.0381. The van der Waals surface area contributed by atoms with Gasteiger partial charge in [0.05, 0.1) is 31.2 Å². The Hall–Kier alpha value is -2.84. The van der Waals surface area contributed by atoms with E-state index in [4.69, 9.17) is 14.1 Å². The molecule has 32 heavy (non-hydrogen) atoms. The van der Waals surface area contributed by atoms with E-state index in [2.05, 4.69) is 38.6 Å². The van der Waals surface area contributed by atoms with E-state index in [1.807, 2.05) is 4.90 Å². The van der Waals surface area contributed by atoms with Gasteiger partial charge in [-0.1, -0.05) is 6.07 Å². The lowest BCUT2D eigenvalue weighted by atomic mass is 10.1. The van der Waals surface area contributed by atoms with Crippen LogP contribution in [0.4, 0.5) is 5.82 Å². The normalized spacial score (nSPS) is 22.6. The number of amides is 1. The highest BCUT2D eigenvalue weighted by Crippen LogP contribution is 2.35. The lowest BCUT2D eigenvalue weighted by Gasteiger charge is -2.40. The van der Waals surface area contributed by atoms with Crippen LogP contribution in [0, 0.1) is 5.92 Å². The molecule has 3 aliphatic rings. The number of morpholine rings is 1. The van der Waals surface area contributed by atoms with Crippen LogP contribution in [0.25, 0.3) is 5.65 Å². The summed E-state index contributed by atoms with van der Waals surface area (Å²) in [7, 11) is 0. The molecule has 0 spiro atoms. The number of anilines is 1. The van der Waals surface area contributed by atoms with Crippen LogP contribution in [0.5, 0.6) is 0 Å². The van der Waals surface area contributed by atoms with Gasteiger partial charge in [-0.2, -0.15) is 0 Å². The summed E-state index contributed by atoms with van der Waals surface area (Å²) in [5.41, 5.74) is 1.98. The van der Waals surface area contributed by atoms with Crippen LogP contribution in [-0.4, -0.2) is 77.6 Å². The average molecular weight is 436 g/mol. The first kappa shape index (κ1) is 19.8. The monoisotopic (exact) mass is 435 g/mol. The summed E-state index contributed by atoms with van der Waals surface area (Å²) in [6.45, 7) is 6.55. The third kappa shape index (κ3) is 3.78. The molecule has 3 fully saturated rings. The van der Waals surface area contributed by atoms with E-state index < -0.39 is 0 Å². The van der Waals surface area contributed by atoms with E-state index in [0.717, 1.165) is 69.0 Å². The van der Waals surface area contributed by atoms with Gasteiger partial charge in [-0.15, -0.1) is 0 Å². The third-order valence-corrected chi connectivity index (χ3v) is 6.87. The van der Waals surface area contributed by atoms with Crippen LogP contribution < -0.4 is 4.90 Å². The Kier molecular flexibility index (Phi) is 5.11. The van der Waals surface area contributed by atoms with Crippen LogP contribution in [0.15, 0.2) is 47.2 Å². The maximum absolute atomic E-state index is 13.0. The number of carbonyl (C=O) groups is 1. The molecule has 2 aliphatic heterocycles. The van der Waals surface area contributed by atoms with Gasteiger partial charge in [0.15, 0.2) is 5.76 Å². The largest absolute Gasteiger partial charge is 0.459 e. The zero-order chi connectivity index (χ0) is 21.5. The van der Waals surface area contributed by atoms with Gasteiger partial charge < -0.3 is 19.0 Å². The van der Waals surface area contributed by atoms with Gasteiger partial charge in [0, 0.05) is 45.5 Å². The minimum absolute atomic E-state index is 0.0381. The zero-order valence-electron chi connectivity index (χ0n) is 18.2. The molecule has 8 heteroatoms. The Morgan fingerprint density at radius 2 is 1.94 bits per heavy atom. The predicted octanol–water partition coefficient (Wildman–Crippen LogP) is 2.67. The highest BCUT2D eigenvalue weighted by atomic mass is 16.5. The summed E-state index contributed by atoms with van der Waals surface area (Å²) >= 11 is 0. The van der Waals surface area contributed by atoms with Crippen molar-refractivity contribution in [2.24, 2.45) is 5.92 Å². The first-order valence-electron chi connectivity index (χ1n) is 11.6. The first-order valence-corrected chi connectivity index (χ1v) is 11.6. The Labute approximate surface area is 187 Å². The number of hydrogen-bond acceptors (Lipinski definition) is 6. The summed E-state index contributed by atoms with van der Waals surface area (Å²) in [5.74, 6) is 2.30. The van der Waals surface area contributed by atoms with Crippen molar-refractivity contribution in [3.05, 3.63) is 54.2 Å². The van der Waals surface area contributed by atoms with Crippen molar-refractivity contribution < 1.29 is 13.9 Å². The number of carbonyl (C=O) groups excluding carboxylic acids is 1. The second-order valence-electron chi connectivity index (χ2n) is 9.06. The number of nitrogens with zero attached hydrogens (tertiary/aromatic N) is 5. The molecule has 0 unspecified atom stereocenters. The van der Waals surface area contributed by atoms with E-state index in [9.17, 15) is 4.79 Å². The molecule has 0 radical (unpaired) electrons. The van der Waals surface area contributed by atoms with E-state index in [1.54, 1.807) is 18.4 Å². The number of furan rings is 1. The summed E-state index contributed by atoms with van der Waals surface area (Å²) in [4.78, 5) is 24.8. The van der Waals surface area contributed by atoms with Crippen molar-refractivity contribution in [1.82, 2.24) is 19.2 Å². The van der Waals surface area contributed by atoms with Gasteiger partial charge >= 0.3 is 0 Å². The smallest absolute Gasteiger partial charge is 0.289 e. The molecule has 1 atom stereocenters. The van der Waals surface area contributed by atoms with E-state index >= 15 is 0 Å². The quantitative estimate of drug-likeness (QED) is 0.614. The zero-order valence-corrected chi connectivity index (χ0v) is 18.2. The van der Waals surface area contributed by atoms with Crippen molar-refractivity contribution in [1.29, 1.82) is 0 Å². The lowest BCUT2D eigenvalue weighted by Crippen LogP contribution is -2.51. The van der Waals surface area contributed by atoms with Crippen LogP contribution >= 0.6 is 0 Å². The number of pyridine rings is 1. The summed E-state index contributed by atoms with van der Waals surface area (Å²) in [6.07, 6.45) is 6.35. The van der Waals surface area contributed by atoms with Crippen LogP contribution in [0.2, 0.25) is 0 Å². The van der Waals surface area contributed by atoms with Gasteiger partial charge in [-0.25, -0.2) is 4.98 Å². The summed E-state index contributed by atoms with van der Waals surface area (Å²) < 4.78 is 13.1. The second kappa shape index (κ2) is 8.26. The summed E-state index contributed by atoms with van der Waals surface area (Å²) in [6, 6.07) is 9.89. The fraction of sp³-hybridized carbons (Fsp3) is 0.500. The van der Waals surface area contributed by atoms with Crippen molar-refractivity contribution in [2.75, 3.05) is 57.4 Å². The third-order valence-electron chi connectivity index (χ3n) is 6.87. The molecule has 2 saturated heterocycles. The van der Waals surface area contributed by atoms with Gasteiger partial charge in [-0.05, 0) is 43.0 Å². The maximum atomic E-state index is 13.0. The molecule has 3 aromatic rings.